The van der Waals surface area contributed by atoms with Crippen LogP contribution in [0.1, 0.15) is 32.3 Å². The molecule has 2 unspecified atom stereocenters. The van der Waals surface area contributed by atoms with E-state index >= 15 is 0 Å². The molecule has 1 aliphatic carbocycles. The highest BCUT2D eigenvalue weighted by Gasteiger charge is 2.30. The van der Waals surface area contributed by atoms with Crippen LogP contribution in [-0.4, -0.2) is 18.6 Å². The Balaban J connectivity index is 1.90. The zero-order valence-corrected chi connectivity index (χ0v) is 12.0. The van der Waals surface area contributed by atoms with Crippen molar-refractivity contribution in [3.05, 3.63) is 35.6 Å². The Morgan fingerprint density at radius 2 is 2.00 bits per heavy atom. The lowest BCUT2D eigenvalue weighted by molar-refractivity contribution is 0.322. The predicted octanol–water partition coefficient (Wildman–Crippen LogP) is 2.72. The number of hydrogen-bond acceptors (Lipinski definition) is 2. The van der Waals surface area contributed by atoms with Gasteiger partial charge in [-0.2, -0.15) is 0 Å². The fraction of sp³-hybridized carbons (Fsp3) is 0.625. The van der Waals surface area contributed by atoms with Gasteiger partial charge in [0.25, 0.3) is 0 Å². The van der Waals surface area contributed by atoms with E-state index in [-0.39, 0.29) is 11.4 Å². The molecule has 1 fully saturated rings. The second kappa shape index (κ2) is 6.02. The molecule has 2 nitrogen and oxygen atoms in total. The summed E-state index contributed by atoms with van der Waals surface area (Å²) in [5.74, 6) is 1.44. The van der Waals surface area contributed by atoms with Crippen molar-refractivity contribution in [2.24, 2.45) is 17.6 Å². The molecule has 0 bridgehead atoms. The Labute approximate surface area is 115 Å². The molecule has 3 N–H and O–H groups in total. The summed E-state index contributed by atoms with van der Waals surface area (Å²) in [5, 5.41) is 3.61. The van der Waals surface area contributed by atoms with Crippen LogP contribution in [-0.2, 0) is 6.42 Å². The maximum Gasteiger partial charge on any atom is 0.123 e. The van der Waals surface area contributed by atoms with Crippen molar-refractivity contribution < 1.29 is 4.39 Å². The van der Waals surface area contributed by atoms with Gasteiger partial charge in [0.15, 0.2) is 0 Å². The van der Waals surface area contributed by atoms with Gasteiger partial charge < -0.3 is 11.1 Å². The summed E-state index contributed by atoms with van der Waals surface area (Å²) in [6.07, 6.45) is 3.58. The minimum Gasteiger partial charge on any atom is -0.329 e. The number of nitrogens with one attached hydrogen (secondary N) is 1. The Kier molecular flexibility index (Phi) is 4.58. The first-order valence-electron chi connectivity index (χ1n) is 7.22. The molecule has 0 radical (unpaired) electrons. The maximum atomic E-state index is 12.9. The summed E-state index contributed by atoms with van der Waals surface area (Å²) in [6, 6.07) is 6.71. The van der Waals surface area contributed by atoms with Crippen molar-refractivity contribution in [3.63, 3.8) is 0 Å². The topological polar surface area (TPSA) is 38.0 Å². The van der Waals surface area contributed by atoms with E-state index in [1.165, 1.54) is 25.0 Å². The minimum atomic E-state index is -0.187. The third-order valence-corrected chi connectivity index (χ3v) is 4.24. The van der Waals surface area contributed by atoms with Gasteiger partial charge in [0.1, 0.15) is 5.82 Å². The van der Waals surface area contributed by atoms with E-state index in [0.717, 1.165) is 30.4 Å². The number of halogens is 1. The van der Waals surface area contributed by atoms with Gasteiger partial charge in [-0.15, -0.1) is 0 Å². The van der Waals surface area contributed by atoms with Crippen molar-refractivity contribution in [1.82, 2.24) is 5.32 Å². The molecule has 1 aliphatic rings. The molecular weight excluding hydrogens is 239 g/mol. The standard InChI is InChI=1S/C16H25FN2/c1-12(14-5-6-14)10-19-16(2,11-18)9-13-3-7-15(17)8-4-13/h3-4,7-8,12,14,19H,5-6,9-11,18H2,1-2H3. The number of benzene rings is 1. The van der Waals surface area contributed by atoms with E-state index in [1.807, 2.05) is 12.1 Å². The summed E-state index contributed by atoms with van der Waals surface area (Å²) in [5.41, 5.74) is 6.94. The Hall–Kier alpha value is -0.930. The van der Waals surface area contributed by atoms with Gasteiger partial charge in [0.05, 0.1) is 0 Å². The number of rotatable bonds is 7. The van der Waals surface area contributed by atoms with Gasteiger partial charge in [-0.25, -0.2) is 4.39 Å². The largest absolute Gasteiger partial charge is 0.329 e. The third kappa shape index (κ3) is 4.29. The molecule has 106 valence electrons. The molecule has 0 heterocycles. The molecule has 1 saturated carbocycles. The molecule has 0 aliphatic heterocycles. The second-order valence-electron chi connectivity index (χ2n) is 6.26. The molecule has 0 amide bonds. The highest BCUT2D eigenvalue weighted by Crippen LogP contribution is 2.36. The first kappa shape index (κ1) is 14.5. The molecular formula is C16H25FN2. The highest BCUT2D eigenvalue weighted by atomic mass is 19.1. The number of nitrogens with two attached hydrogens (primary N) is 1. The summed E-state index contributed by atoms with van der Waals surface area (Å²) >= 11 is 0. The Bertz CT molecular complexity index is 400. The van der Waals surface area contributed by atoms with Crippen LogP contribution in [0.5, 0.6) is 0 Å². The van der Waals surface area contributed by atoms with Crippen LogP contribution in [0.3, 0.4) is 0 Å². The van der Waals surface area contributed by atoms with E-state index in [0.29, 0.717) is 6.54 Å². The highest BCUT2D eigenvalue weighted by molar-refractivity contribution is 5.19. The van der Waals surface area contributed by atoms with E-state index in [9.17, 15) is 4.39 Å². The van der Waals surface area contributed by atoms with E-state index < -0.39 is 0 Å². The van der Waals surface area contributed by atoms with Crippen LogP contribution >= 0.6 is 0 Å². The molecule has 3 heteroatoms. The average molecular weight is 264 g/mol. The zero-order chi connectivity index (χ0) is 13.9. The van der Waals surface area contributed by atoms with Gasteiger partial charge >= 0.3 is 0 Å². The smallest absolute Gasteiger partial charge is 0.123 e. The van der Waals surface area contributed by atoms with Gasteiger partial charge in [0, 0.05) is 12.1 Å². The molecule has 2 rings (SSSR count). The van der Waals surface area contributed by atoms with Crippen molar-refractivity contribution in [2.75, 3.05) is 13.1 Å². The first-order valence-corrected chi connectivity index (χ1v) is 7.22. The van der Waals surface area contributed by atoms with Gasteiger partial charge in [0.2, 0.25) is 0 Å². The molecule has 1 aromatic carbocycles. The lowest BCUT2D eigenvalue weighted by Crippen LogP contribution is -2.51. The molecule has 0 aromatic heterocycles. The van der Waals surface area contributed by atoms with Crippen molar-refractivity contribution in [2.45, 2.75) is 38.6 Å². The summed E-state index contributed by atoms with van der Waals surface area (Å²) in [4.78, 5) is 0. The Morgan fingerprint density at radius 3 is 2.53 bits per heavy atom. The Morgan fingerprint density at radius 1 is 1.37 bits per heavy atom. The molecule has 0 saturated heterocycles. The van der Waals surface area contributed by atoms with Crippen molar-refractivity contribution in [1.29, 1.82) is 0 Å². The first-order chi connectivity index (χ1) is 9.02. The summed E-state index contributed by atoms with van der Waals surface area (Å²) < 4.78 is 12.9. The van der Waals surface area contributed by atoms with Crippen molar-refractivity contribution in [3.8, 4) is 0 Å². The molecule has 19 heavy (non-hydrogen) atoms. The normalized spacial score (nSPS) is 20.0. The van der Waals surface area contributed by atoms with Gasteiger partial charge in [-0.1, -0.05) is 19.1 Å². The molecule has 1 aromatic rings. The van der Waals surface area contributed by atoms with E-state index in [1.54, 1.807) is 0 Å². The zero-order valence-electron chi connectivity index (χ0n) is 12.0. The van der Waals surface area contributed by atoms with Crippen molar-refractivity contribution >= 4 is 0 Å². The lowest BCUT2D eigenvalue weighted by atomic mass is 9.91. The fourth-order valence-electron chi connectivity index (χ4n) is 2.50. The maximum absolute atomic E-state index is 12.9. The van der Waals surface area contributed by atoms with E-state index in [2.05, 4.69) is 19.2 Å². The van der Waals surface area contributed by atoms with Crippen LogP contribution in [0.4, 0.5) is 4.39 Å². The monoisotopic (exact) mass is 264 g/mol. The van der Waals surface area contributed by atoms with E-state index in [4.69, 9.17) is 5.73 Å². The summed E-state index contributed by atoms with van der Waals surface area (Å²) in [7, 11) is 0. The third-order valence-electron chi connectivity index (χ3n) is 4.24. The van der Waals surface area contributed by atoms with Gasteiger partial charge in [-0.3, -0.25) is 0 Å². The summed E-state index contributed by atoms with van der Waals surface area (Å²) in [6.45, 7) is 6.05. The van der Waals surface area contributed by atoms with Crippen LogP contribution in [0.15, 0.2) is 24.3 Å². The lowest BCUT2D eigenvalue weighted by Gasteiger charge is -2.31. The fourth-order valence-corrected chi connectivity index (χ4v) is 2.50. The quantitative estimate of drug-likeness (QED) is 0.794. The second-order valence-corrected chi connectivity index (χ2v) is 6.26. The van der Waals surface area contributed by atoms with Crippen LogP contribution in [0, 0.1) is 17.7 Å². The predicted molar refractivity (Wildman–Crippen MR) is 77.5 cm³/mol. The number of hydrogen-bond donors (Lipinski definition) is 2. The van der Waals surface area contributed by atoms with Crippen LogP contribution in [0.2, 0.25) is 0 Å². The van der Waals surface area contributed by atoms with Gasteiger partial charge in [-0.05, 0) is 62.3 Å². The average Bonchev–Trinajstić information content (AvgIpc) is 3.23. The SMILES string of the molecule is CC(CNC(C)(CN)Cc1ccc(F)cc1)C1CC1. The molecule has 0 spiro atoms. The van der Waals surface area contributed by atoms with Crippen LogP contribution in [0.25, 0.3) is 0 Å². The van der Waals surface area contributed by atoms with Crippen LogP contribution < -0.4 is 11.1 Å². The minimum absolute atomic E-state index is 0.110. The molecule has 2 atom stereocenters.